The van der Waals surface area contributed by atoms with Crippen LogP contribution in [-0.2, 0) is 4.79 Å². The summed E-state index contributed by atoms with van der Waals surface area (Å²) in [5.41, 5.74) is 0. The molecule has 0 aromatic carbocycles. The molecule has 1 radical (unpaired) electrons. The monoisotopic (exact) mass is 155 g/mol. The molecule has 0 spiro atoms. The summed E-state index contributed by atoms with van der Waals surface area (Å²) in [7, 11) is 0. The second-order valence-electron chi connectivity index (χ2n) is 3.03. The highest BCUT2D eigenvalue weighted by molar-refractivity contribution is 5.77. The van der Waals surface area contributed by atoms with E-state index in [2.05, 4.69) is 10.6 Å². The van der Waals surface area contributed by atoms with E-state index in [0.29, 0.717) is 12.6 Å². The highest BCUT2D eigenvalue weighted by atomic mass is 16.1. The molecule has 0 aromatic heterocycles. The van der Waals surface area contributed by atoms with Gasteiger partial charge in [-0.15, -0.1) is 0 Å². The molecule has 3 nitrogen and oxygen atoms in total. The average molecular weight is 155 g/mol. The zero-order chi connectivity index (χ0) is 8.10. The maximum atomic E-state index is 10.6. The second kappa shape index (κ2) is 4.46. The first-order chi connectivity index (χ1) is 5.29. The van der Waals surface area contributed by atoms with Gasteiger partial charge >= 0.3 is 0 Å². The zero-order valence-corrected chi connectivity index (χ0v) is 6.97. The van der Waals surface area contributed by atoms with Gasteiger partial charge in [0.2, 0.25) is 0 Å². The molecule has 1 rings (SSSR count). The first-order valence-electron chi connectivity index (χ1n) is 4.15. The van der Waals surface area contributed by atoms with Crippen molar-refractivity contribution in [2.45, 2.75) is 25.8 Å². The van der Waals surface area contributed by atoms with Crippen molar-refractivity contribution in [3.63, 3.8) is 0 Å². The minimum Gasteiger partial charge on any atom is -0.307 e. The SMILES string of the molecule is CC(=O)CNC1CC[N]CC1. The molecule has 1 aliphatic heterocycles. The number of nitrogens with one attached hydrogen (secondary N) is 1. The molecule has 1 fully saturated rings. The Bertz CT molecular complexity index is 130. The Morgan fingerprint density at radius 1 is 1.55 bits per heavy atom. The van der Waals surface area contributed by atoms with Crippen molar-refractivity contribution in [1.29, 1.82) is 0 Å². The highest BCUT2D eigenvalue weighted by Gasteiger charge is 2.12. The molecule has 11 heavy (non-hydrogen) atoms. The van der Waals surface area contributed by atoms with Crippen LogP contribution in [0.2, 0.25) is 0 Å². The van der Waals surface area contributed by atoms with E-state index in [1.54, 1.807) is 6.92 Å². The number of hydrogen-bond acceptors (Lipinski definition) is 2. The number of nitrogens with zero attached hydrogens (tertiary/aromatic N) is 1. The molecule has 0 saturated carbocycles. The van der Waals surface area contributed by atoms with E-state index in [-0.39, 0.29) is 5.78 Å². The fourth-order valence-electron chi connectivity index (χ4n) is 1.24. The molecular weight excluding hydrogens is 140 g/mol. The van der Waals surface area contributed by atoms with Crippen LogP contribution in [0.25, 0.3) is 0 Å². The van der Waals surface area contributed by atoms with Crippen LogP contribution in [0.4, 0.5) is 0 Å². The second-order valence-corrected chi connectivity index (χ2v) is 3.03. The van der Waals surface area contributed by atoms with Crippen LogP contribution in [0.3, 0.4) is 0 Å². The van der Waals surface area contributed by atoms with Crippen molar-refractivity contribution in [3.05, 3.63) is 0 Å². The third-order valence-electron chi connectivity index (χ3n) is 1.91. The highest BCUT2D eigenvalue weighted by Crippen LogP contribution is 2.01. The number of ketones is 1. The lowest BCUT2D eigenvalue weighted by Crippen LogP contribution is -2.39. The molecule has 3 heteroatoms. The van der Waals surface area contributed by atoms with Crippen LogP contribution in [0.15, 0.2) is 0 Å². The van der Waals surface area contributed by atoms with Gasteiger partial charge in [0.1, 0.15) is 5.78 Å². The summed E-state index contributed by atoms with van der Waals surface area (Å²) in [6, 6.07) is 0.524. The summed E-state index contributed by atoms with van der Waals surface area (Å²) in [5, 5.41) is 7.44. The Balaban J connectivity index is 2.09. The van der Waals surface area contributed by atoms with Crippen molar-refractivity contribution in [3.8, 4) is 0 Å². The quantitative estimate of drug-likeness (QED) is 0.620. The third-order valence-corrected chi connectivity index (χ3v) is 1.91. The Morgan fingerprint density at radius 3 is 2.73 bits per heavy atom. The molecular formula is C8H15N2O. The van der Waals surface area contributed by atoms with Crippen molar-refractivity contribution >= 4 is 5.78 Å². The van der Waals surface area contributed by atoms with Gasteiger partial charge in [-0.1, -0.05) is 0 Å². The summed E-state index contributed by atoms with van der Waals surface area (Å²) in [4.78, 5) is 10.6. The summed E-state index contributed by atoms with van der Waals surface area (Å²) in [6.07, 6.45) is 2.18. The van der Waals surface area contributed by atoms with Crippen LogP contribution in [0.5, 0.6) is 0 Å². The predicted molar refractivity (Wildman–Crippen MR) is 43.6 cm³/mol. The molecule has 1 saturated heterocycles. The fraction of sp³-hybridized carbons (Fsp3) is 0.875. The van der Waals surface area contributed by atoms with Gasteiger partial charge in [-0.2, -0.15) is 0 Å². The van der Waals surface area contributed by atoms with E-state index >= 15 is 0 Å². The maximum absolute atomic E-state index is 10.6. The average Bonchev–Trinajstić information content (AvgIpc) is 2.03. The van der Waals surface area contributed by atoms with Gasteiger partial charge in [-0.25, -0.2) is 5.32 Å². The van der Waals surface area contributed by atoms with E-state index in [1.165, 1.54) is 0 Å². The van der Waals surface area contributed by atoms with Gasteiger partial charge in [0.15, 0.2) is 0 Å². The van der Waals surface area contributed by atoms with E-state index in [1.807, 2.05) is 0 Å². The lowest BCUT2D eigenvalue weighted by molar-refractivity contribution is -0.116. The number of carbonyl (C=O) groups excluding carboxylic acids is 1. The number of hydrogen-bond donors (Lipinski definition) is 1. The van der Waals surface area contributed by atoms with E-state index in [0.717, 1.165) is 25.9 Å². The van der Waals surface area contributed by atoms with E-state index < -0.39 is 0 Å². The van der Waals surface area contributed by atoms with Gasteiger partial charge in [-0.05, 0) is 19.8 Å². The van der Waals surface area contributed by atoms with Crippen LogP contribution in [0, 0.1) is 0 Å². The molecule has 0 bridgehead atoms. The minimum atomic E-state index is 0.215. The fourth-order valence-corrected chi connectivity index (χ4v) is 1.24. The number of piperidine rings is 1. The van der Waals surface area contributed by atoms with Crippen LogP contribution in [0.1, 0.15) is 19.8 Å². The minimum absolute atomic E-state index is 0.215. The van der Waals surface area contributed by atoms with Crippen molar-refractivity contribution in [1.82, 2.24) is 10.6 Å². The lowest BCUT2D eigenvalue weighted by atomic mass is 10.1. The van der Waals surface area contributed by atoms with Crippen LogP contribution < -0.4 is 10.6 Å². The largest absolute Gasteiger partial charge is 0.307 e. The Morgan fingerprint density at radius 2 is 2.18 bits per heavy atom. The molecule has 0 amide bonds. The summed E-state index contributed by atoms with van der Waals surface area (Å²) >= 11 is 0. The van der Waals surface area contributed by atoms with Gasteiger partial charge in [0.25, 0.3) is 0 Å². The molecule has 1 aliphatic rings. The predicted octanol–water partition coefficient (Wildman–Crippen LogP) is -0.0682. The Labute approximate surface area is 67.5 Å². The van der Waals surface area contributed by atoms with Gasteiger partial charge in [0.05, 0.1) is 6.54 Å². The smallest absolute Gasteiger partial charge is 0.143 e. The Kier molecular flexibility index (Phi) is 3.52. The van der Waals surface area contributed by atoms with Crippen molar-refractivity contribution < 1.29 is 4.79 Å². The van der Waals surface area contributed by atoms with Gasteiger partial charge in [-0.3, -0.25) is 4.79 Å². The van der Waals surface area contributed by atoms with Gasteiger partial charge < -0.3 is 5.32 Å². The normalized spacial score (nSPS) is 20.1. The summed E-state index contributed by atoms with van der Waals surface area (Å²) in [5.74, 6) is 0.215. The van der Waals surface area contributed by atoms with Crippen LogP contribution in [-0.4, -0.2) is 31.5 Å². The molecule has 63 valence electrons. The number of Topliss-reactive ketones (excluding diaryl/α,β-unsaturated/α-hetero) is 1. The first-order valence-corrected chi connectivity index (χ1v) is 4.15. The van der Waals surface area contributed by atoms with E-state index in [4.69, 9.17) is 0 Å². The first kappa shape index (κ1) is 8.68. The molecule has 0 atom stereocenters. The number of rotatable bonds is 3. The van der Waals surface area contributed by atoms with Crippen molar-refractivity contribution in [2.75, 3.05) is 19.6 Å². The molecule has 1 N–H and O–H groups in total. The zero-order valence-electron chi connectivity index (χ0n) is 6.97. The topological polar surface area (TPSA) is 43.2 Å². The van der Waals surface area contributed by atoms with Gasteiger partial charge in [0, 0.05) is 19.1 Å². The lowest BCUT2D eigenvalue weighted by Gasteiger charge is -2.21. The molecule has 1 heterocycles. The summed E-state index contributed by atoms with van der Waals surface area (Å²) in [6.45, 7) is 4.04. The number of carbonyl (C=O) groups is 1. The standard InChI is InChI=1S/C8H15N2O/c1-7(11)6-10-8-2-4-9-5-3-8/h8,10H,2-6H2,1H3. The third kappa shape index (κ3) is 3.49. The molecule has 0 aromatic rings. The van der Waals surface area contributed by atoms with E-state index in [9.17, 15) is 4.79 Å². The molecule has 0 aliphatic carbocycles. The van der Waals surface area contributed by atoms with Crippen LogP contribution >= 0.6 is 0 Å². The maximum Gasteiger partial charge on any atom is 0.143 e. The summed E-state index contributed by atoms with van der Waals surface area (Å²) < 4.78 is 0. The molecule has 0 unspecified atom stereocenters. The Hall–Kier alpha value is -0.410. The van der Waals surface area contributed by atoms with Crippen molar-refractivity contribution in [2.24, 2.45) is 0 Å².